The normalized spacial score (nSPS) is 13.0. The largest absolute Gasteiger partial charge is 0.342 e. The van der Waals surface area contributed by atoms with Crippen molar-refractivity contribution in [1.82, 2.24) is 20.0 Å². The van der Waals surface area contributed by atoms with E-state index in [4.69, 9.17) is 0 Å². The molecule has 0 aromatic rings. The van der Waals surface area contributed by atoms with Crippen molar-refractivity contribution in [2.75, 3.05) is 68.0 Å². The molecular formula is C15H34N4O. The summed E-state index contributed by atoms with van der Waals surface area (Å²) in [6.45, 7) is 6.52. The molecule has 1 unspecified atom stereocenters. The van der Waals surface area contributed by atoms with Crippen LogP contribution in [0.25, 0.3) is 0 Å². The second-order valence-electron chi connectivity index (χ2n) is 6.10. The van der Waals surface area contributed by atoms with Crippen molar-refractivity contribution in [1.29, 1.82) is 0 Å². The zero-order valence-electron chi connectivity index (χ0n) is 14.3. The molecule has 20 heavy (non-hydrogen) atoms. The number of hydrogen-bond acceptors (Lipinski definition) is 4. The van der Waals surface area contributed by atoms with Gasteiger partial charge in [0.2, 0.25) is 5.91 Å². The van der Waals surface area contributed by atoms with Gasteiger partial charge in [0.1, 0.15) is 0 Å². The van der Waals surface area contributed by atoms with E-state index in [1.165, 1.54) is 0 Å². The Morgan fingerprint density at radius 3 is 1.75 bits per heavy atom. The molecule has 0 aromatic carbocycles. The highest BCUT2D eigenvalue weighted by atomic mass is 16.2. The lowest BCUT2D eigenvalue weighted by Gasteiger charge is -2.27. The van der Waals surface area contributed by atoms with Crippen molar-refractivity contribution in [3.05, 3.63) is 0 Å². The molecule has 0 heterocycles. The number of carbonyl (C=O) groups excluding carboxylic acids is 1. The summed E-state index contributed by atoms with van der Waals surface area (Å²) < 4.78 is 0. The summed E-state index contributed by atoms with van der Waals surface area (Å²) in [4.78, 5) is 18.8. The first kappa shape index (κ1) is 19.4. The van der Waals surface area contributed by atoms with Gasteiger partial charge in [-0.15, -0.1) is 0 Å². The van der Waals surface area contributed by atoms with E-state index in [1.54, 1.807) is 0 Å². The first-order chi connectivity index (χ1) is 9.38. The fourth-order valence-corrected chi connectivity index (χ4v) is 2.19. The van der Waals surface area contributed by atoms with E-state index in [-0.39, 0.29) is 11.8 Å². The van der Waals surface area contributed by atoms with Gasteiger partial charge in [-0.3, -0.25) is 4.79 Å². The molecular weight excluding hydrogens is 252 g/mol. The number of carbonyl (C=O) groups is 1. The van der Waals surface area contributed by atoms with Crippen LogP contribution in [0.2, 0.25) is 0 Å². The summed E-state index contributed by atoms with van der Waals surface area (Å²) in [6.07, 6.45) is 2.07. The van der Waals surface area contributed by atoms with Gasteiger partial charge in [-0.2, -0.15) is 0 Å². The maximum absolute atomic E-state index is 12.4. The van der Waals surface area contributed by atoms with Crippen molar-refractivity contribution >= 4 is 5.91 Å². The Bertz CT molecular complexity index is 242. The van der Waals surface area contributed by atoms with Crippen LogP contribution in [0.3, 0.4) is 0 Å². The van der Waals surface area contributed by atoms with Gasteiger partial charge in [0.15, 0.2) is 0 Å². The molecule has 1 amide bonds. The van der Waals surface area contributed by atoms with E-state index in [2.05, 4.69) is 43.3 Å². The molecule has 0 fully saturated rings. The summed E-state index contributed by atoms with van der Waals surface area (Å²) in [5, 5.41) is 3.09. The molecule has 120 valence electrons. The van der Waals surface area contributed by atoms with Crippen LogP contribution in [-0.4, -0.2) is 88.6 Å². The summed E-state index contributed by atoms with van der Waals surface area (Å²) >= 11 is 0. The fraction of sp³-hybridized carbons (Fsp3) is 0.933. The number of amides is 1. The molecule has 1 N–H and O–H groups in total. The maximum Gasteiger partial charge on any atom is 0.226 e. The van der Waals surface area contributed by atoms with Crippen molar-refractivity contribution < 1.29 is 4.79 Å². The SMILES string of the molecule is CNCC(C)C(=O)N(CCCN(C)C)CCCN(C)C. The van der Waals surface area contributed by atoms with Gasteiger partial charge in [-0.05, 0) is 61.2 Å². The van der Waals surface area contributed by atoms with E-state index in [9.17, 15) is 4.79 Å². The number of rotatable bonds is 11. The first-order valence-corrected chi connectivity index (χ1v) is 7.61. The molecule has 0 saturated heterocycles. The Balaban J connectivity index is 4.32. The van der Waals surface area contributed by atoms with E-state index in [0.29, 0.717) is 0 Å². The minimum Gasteiger partial charge on any atom is -0.342 e. The van der Waals surface area contributed by atoms with Crippen LogP contribution in [0, 0.1) is 5.92 Å². The molecule has 0 aliphatic heterocycles. The van der Waals surface area contributed by atoms with E-state index in [0.717, 1.165) is 45.6 Å². The zero-order chi connectivity index (χ0) is 15.5. The van der Waals surface area contributed by atoms with Crippen molar-refractivity contribution in [3.8, 4) is 0 Å². The summed E-state index contributed by atoms with van der Waals surface area (Å²) in [7, 11) is 10.2. The molecule has 5 heteroatoms. The minimum absolute atomic E-state index is 0.0544. The average molecular weight is 286 g/mol. The first-order valence-electron chi connectivity index (χ1n) is 7.61. The monoisotopic (exact) mass is 286 g/mol. The zero-order valence-corrected chi connectivity index (χ0v) is 14.3. The molecule has 0 spiro atoms. The quantitative estimate of drug-likeness (QED) is 0.603. The standard InChI is InChI=1S/C15H34N4O/c1-14(13-16-2)15(20)19(11-7-9-17(3)4)12-8-10-18(5)6/h14,16H,7-13H2,1-6H3. The third kappa shape index (κ3) is 9.28. The maximum atomic E-state index is 12.4. The second kappa shape index (κ2) is 11.1. The summed E-state index contributed by atoms with van der Waals surface area (Å²) in [5.74, 6) is 0.329. The molecule has 0 rings (SSSR count). The molecule has 0 aliphatic rings. The minimum atomic E-state index is 0.0544. The van der Waals surface area contributed by atoms with Crippen molar-refractivity contribution in [2.24, 2.45) is 5.92 Å². The van der Waals surface area contributed by atoms with E-state index in [1.807, 2.05) is 18.9 Å². The Kier molecular flexibility index (Phi) is 10.7. The second-order valence-corrected chi connectivity index (χ2v) is 6.10. The van der Waals surface area contributed by atoms with Crippen molar-refractivity contribution in [3.63, 3.8) is 0 Å². The van der Waals surface area contributed by atoms with Gasteiger partial charge in [0, 0.05) is 25.6 Å². The van der Waals surface area contributed by atoms with Gasteiger partial charge < -0.3 is 20.0 Å². The molecule has 0 saturated carbocycles. The van der Waals surface area contributed by atoms with Gasteiger partial charge in [0.05, 0.1) is 0 Å². The van der Waals surface area contributed by atoms with E-state index >= 15 is 0 Å². The topological polar surface area (TPSA) is 38.8 Å². The Labute approximate surface area is 125 Å². The highest BCUT2D eigenvalue weighted by Crippen LogP contribution is 2.05. The van der Waals surface area contributed by atoms with Gasteiger partial charge in [-0.1, -0.05) is 6.92 Å². The van der Waals surface area contributed by atoms with Crippen LogP contribution in [0.4, 0.5) is 0 Å². The number of nitrogens with one attached hydrogen (secondary N) is 1. The molecule has 0 aromatic heterocycles. The lowest BCUT2D eigenvalue weighted by molar-refractivity contribution is -0.135. The average Bonchev–Trinajstić information content (AvgIpc) is 2.35. The smallest absolute Gasteiger partial charge is 0.226 e. The van der Waals surface area contributed by atoms with E-state index < -0.39 is 0 Å². The molecule has 0 aliphatic carbocycles. The van der Waals surface area contributed by atoms with Gasteiger partial charge in [0.25, 0.3) is 0 Å². The molecule has 5 nitrogen and oxygen atoms in total. The Hall–Kier alpha value is -0.650. The summed E-state index contributed by atoms with van der Waals surface area (Å²) in [5.41, 5.74) is 0. The molecule has 0 radical (unpaired) electrons. The van der Waals surface area contributed by atoms with Crippen LogP contribution in [0.5, 0.6) is 0 Å². The number of nitrogens with zero attached hydrogens (tertiary/aromatic N) is 3. The third-order valence-electron chi connectivity index (χ3n) is 3.31. The fourth-order valence-electron chi connectivity index (χ4n) is 2.19. The van der Waals surface area contributed by atoms with Crippen LogP contribution in [0.1, 0.15) is 19.8 Å². The van der Waals surface area contributed by atoms with Crippen LogP contribution >= 0.6 is 0 Å². The third-order valence-corrected chi connectivity index (χ3v) is 3.31. The molecule has 0 bridgehead atoms. The predicted molar refractivity (Wildman–Crippen MR) is 86.0 cm³/mol. The van der Waals surface area contributed by atoms with Crippen LogP contribution in [-0.2, 0) is 4.79 Å². The highest BCUT2D eigenvalue weighted by molar-refractivity contribution is 5.78. The number of hydrogen-bond donors (Lipinski definition) is 1. The summed E-state index contributed by atoms with van der Waals surface area (Å²) in [6, 6.07) is 0. The van der Waals surface area contributed by atoms with Crippen molar-refractivity contribution in [2.45, 2.75) is 19.8 Å². The molecule has 1 atom stereocenters. The van der Waals surface area contributed by atoms with Crippen LogP contribution < -0.4 is 5.32 Å². The Morgan fingerprint density at radius 1 is 0.950 bits per heavy atom. The van der Waals surface area contributed by atoms with Crippen LogP contribution in [0.15, 0.2) is 0 Å². The van der Waals surface area contributed by atoms with Gasteiger partial charge >= 0.3 is 0 Å². The Morgan fingerprint density at radius 2 is 1.40 bits per heavy atom. The predicted octanol–water partition coefficient (Wildman–Crippen LogP) is 0.574. The highest BCUT2D eigenvalue weighted by Gasteiger charge is 2.19. The lowest BCUT2D eigenvalue weighted by atomic mass is 10.1. The van der Waals surface area contributed by atoms with Gasteiger partial charge in [-0.25, -0.2) is 0 Å². The lowest BCUT2D eigenvalue weighted by Crippen LogP contribution is -2.41.